The molecule has 2 aliphatic rings. The molecule has 0 unspecified atom stereocenters. The van der Waals surface area contributed by atoms with Crippen LogP contribution < -0.4 is 0 Å². The summed E-state index contributed by atoms with van der Waals surface area (Å²) in [6, 6.07) is 7.09. The maximum Gasteiger partial charge on any atom is 0.220 e. The highest BCUT2D eigenvalue weighted by molar-refractivity contribution is 5.87. The van der Waals surface area contributed by atoms with Gasteiger partial charge in [0.15, 0.2) is 0 Å². The minimum atomic E-state index is 0.225. The van der Waals surface area contributed by atoms with E-state index in [1.165, 1.54) is 34.1 Å². The van der Waals surface area contributed by atoms with Crippen LogP contribution in [0.3, 0.4) is 0 Å². The zero-order valence-corrected chi connectivity index (χ0v) is 12.9. The van der Waals surface area contributed by atoms with Crippen LogP contribution in [0.15, 0.2) is 18.2 Å². The third kappa shape index (κ3) is 1.83. The molecule has 0 spiro atoms. The van der Waals surface area contributed by atoms with E-state index in [9.17, 15) is 4.79 Å². The van der Waals surface area contributed by atoms with Gasteiger partial charge in [0.1, 0.15) is 0 Å². The van der Waals surface area contributed by atoms with E-state index in [0.717, 1.165) is 32.4 Å². The zero-order chi connectivity index (χ0) is 14.6. The van der Waals surface area contributed by atoms with Crippen LogP contribution in [-0.2, 0) is 17.8 Å². The summed E-state index contributed by atoms with van der Waals surface area (Å²) in [5.74, 6) is 0.225. The number of amides is 1. The Balaban J connectivity index is 2.00. The SMILES string of the molecule is CC(=O)N1CCCn2c3c(c4cc(C)ccc42)CCC[C@H]31. The van der Waals surface area contributed by atoms with Crippen LogP contribution in [0.2, 0.25) is 0 Å². The van der Waals surface area contributed by atoms with Gasteiger partial charge in [-0.05, 0) is 50.3 Å². The number of aryl methyl sites for hydroxylation is 3. The molecule has 1 aliphatic heterocycles. The molecule has 0 saturated carbocycles. The van der Waals surface area contributed by atoms with Crippen molar-refractivity contribution in [2.45, 2.75) is 52.1 Å². The average Bonchev–Trinajstić information content (AvgIpc) is 2.64. The summed E-state index contributed by atoms with van der Waals surface area (Å²) in [5, 5.41) is 1.42. The third-order valence-electron chi connectivity index (χ3n) is 5.15. The summed E-state index contributed by atoms with van der Waals surface area (Å²) in [5.41, 5.74) is 5.61. The van der Waals surface area contributed by atoms with Crippen LogP contribution in [0.25, 0.3) is 10.9 Å². The van der Waals surface area contributed by atoms with Crippen molar-refractivity contribution >= 4 is 16.8 Å². The van der Waals surface area contributed by atoms with Crippen molar-refractivity contribution in [3.05, 3.63) is 35.0 Å². The number of aromatic nitrogens is 1. The lowest BCUT2D eigenvalue weighted by Crippen LogP contribution is -2.34. The Morgan fingerprint density at radius 3 is 2.90 bits per heavy atom. The van der Waals surface area contributed by atoms with E-state index in [-0.39, 0.29) is 5.91 Å². The summed E-state index contributed by atoms with van der Waals surface area (Å²) in [6.45, 7) is 5.82. The summed E-state index contributed by atoms with van der Waals surface area (Å²) in [6.07, 6.45) is 4.51. The summed E-state index contributed by atoms with van der Waals surface area (Å²) in [7, 11) is 0. The maximum absolute atomic E-state index is 12.1. The molecule has 3 heteroatoms. The van der Waals surface area contributed by atoms with Gasteiger partial charge < -0.3 is 9.47 Å². The second-order valence-corrected chi connectivity index (χ2v) is 6.51. The Hall–Kier alpha value is -1.77. The largest absolute Gasteiger partial charge is 0.342 e. The first-order valence-corrected chi connectivity index (χ1v) is 8.05. The molecule has 2 heterocycles. The lowest BCUT2D eigenvalue weighted by Gasteiger charge is -2.33. The molecule has 0 bridgehead atoms. The van der Waals surface area contributed by atoms with Gasteiger partial charge in [-0.15, -0.1) is 0 Å². The van der Waals surface area contributed by atoms with Gasteiger partial charge in [-0.25, -0.2) is 0 Å². The van der Waals surface area contributed by atoms with Gasteiger partial charge in [0.25, 0.3) is 0 Å². The Morgan fingerprint density at radius 2 is 2.10 bits per heavy atom. The topological polar surface area (TPSA) is 25.2 Å². The number of hydrogen-bond donors (Lipinski definition) is 0. The first-order chi connectivity index (χ1) is 10.2. The third-order valence-corrected chi connectivity index (χ3v) is 5.15. The van der Waals surface area contributed by atoms with Gasteiger partial charge in [0.05, 0.1) is 6.04 Å². The molecular weight excluding hydrogens is 260 g/mol. The second-order valence-electron chi connectivity index (χ2n) is 6.51. The number of benzene rings is 1. The molecule has 4 rings (SSSR count). The highest BCUT2D eigenvalue weighted by atomic mass is 16.2. The predicted octanol–water partition coefficient (Wildman–Crippen LogP) is 3.58. The zero-order valence-electron chi connectivity index (χ0n) is 12.9. The summed E-state index contributed by atoms with van der Waals surface area (Å²) < 4.78 is 2.50. The van der Waals surface area contributed by atoms with Gasteiger partial charge in [-0.1, -0.05) is 11.6 Å². The fourth-order valence-electron chi connectivity index (χ4n) is 4.29. The molecular formula is C18H22N2O. The Labute approximate surface area is 125 Å². The molecule has 1 aromatic carbocycles. The van der Waals surface area contributed by atoms with Crippen LogP contribution in [-0.4, -0.2) is 21.9 Å². The van der Waals surface area contributed by atoms with Crippen molar-refractivity contribution in [2.24, 2.45) is 0 Å². The van der Waals surface area contributed by atoms with E-state index in [2.05, 4.69) is 34.6 Å². The normalized spacial score (nSPS) is 21.2. The van der Waals surface area contributed by atoms with Crippen molar-refractivity contribution < 1.29 is 4.79 Å². The van der Waals surface area contributed by atoms with Gasteiger partial charge in [-0.3, -0.25) is 4.79 Å². The van der Waals surface area contributed by atoms with E-state index in [0.29, 0.717) is 6.04 Å². The number of hydrogen-bond acceptors (Lipinski definition) is 1. The lowest BCUT2D eigenvalue weighted by molar-refractivity contribution is -0.131. The molecule has 0 fully saturated rings. The molecule has 110 valence electrons. The number of nitrogens with zero attached hydrogens (tertiary/aromatic N) is 2. The predicted molar refractivity (Wildman–Crippen MR) is 84.4 cm³/mol. The van der Waals surface area contributed by atoms with E-state index in [4.69, 9.17) is 0 Å². The number of carbonyl (C=O) groups excluding carboxylic acids is 1. The molecule has 3 nitrogen and oxygen atoms in total. The van der Waals surface area contributed by atoms with Crippen molar-refractivity contribution in [1.82, 2.24) is 9.47 Å². The minimum absolute atomic E-state index is 0.225. The standard InChI is InChI=1S/C18H22N2O/c1-12-7-8-16-15(11-12)14-5-3-6-17-18(14)20(16)10-4-9-19(17)13(2)21/h7-8,11,17H,3-6,9-10H2,1-2H3/t17-/m1/s1. The Kier molecular flexibility index (Phi) is 2.84. The molecule has 21 heavy (non-hydrogen) atoms. The van der Waals surface area contributed by atoms with Crippen LogP contribution >= 0.6 is 0 Å². The van der Waals surface area contributed by atoms with Crippen LogP contribution in [0.1, 0.15) is 49.0 Å². The quantitative estimate of drug-likeness (QED) is 0.725. The number of fused-ring (bicyclic) bond motifs is 3. The molecule has 1 aliphatic carbocycles. The first kappa shape index (κ1) is 12.9. The van der Waals surface area contributed by atoms with Crippen LogP contribution in [0.5, 0.6) is 0 Å². The Morgan fingerprint density at radius 1 is 1.24 bits per heavy atom. The molecule has 1 aromatic heterocycles. The summed E-state index contributed by atoms with van der Waals surface area (Å²) in [4.78, 5) is 14.2. The van der Waals surface area contributed by atoms with Crippen molar-refractivity contribution in [1.29, 1.82) is 0 Å². The first-order valence-electron chi connectivity index (χ1n) is 8.05. The molecule has 0 saturated heterocycles. The van der Waals surface area contributed by atoms with Gasteiger partial charge in [0.2, 0.25) is 5.91 Å². The molecule has 0 radical (unpaired) electrons. The second kappa shape index (κ2) is 4.62. The number of rotatable bonds is 0. The molecule has 2 aromatic rings. The van der Waals surface area contributed by atoms with Crippen LogP contribution in [0.4, 0.5) is 0 Å². The fourth-order valence-corrected chi connectivity index (χ4v) is 4.29. The minimum Gasteiger partial charge on any atom is -0.342 e. The van der Waals surface area contributed by atoms with E-state index in [1.54, 1.807) is 6.92 Å². The van der Waals surface area contributed by atoms with Crippen molar-refractivity contribution in [3.63, 3.8) is 0 Å². The lowest BCUT2D eigenvalue weighted by atomic mass is 9.90. The molecule has 1 amide bonds. The van der Waals surface area contributed by atoms with Gasteiger partial charge in [0, 0.05) is 36.6 Å². The van der Waals surface area contributed by atoms with Crippen LogP contribution in [0, 0.1) is 6.92 Å². The van der Waals surface area contributed by atoms with Gasteiger partial charge >= 0.3 is 0 Å². The summed E-state index contributed by atoms with van der Waals surface area (Å²) >= 11 is 0. The van der Waals surface area contributed by atoms with E-state index >= 15 is 0 Å². The molecule has 0 N–H and O–H groups in total. The Bertz CT molecular complexity index is 725. The highest BCUT2D eigenvalue weighted by Crippen LogP contribution is 2.42. The van der Waals surface area contributed by atoms with Crippen molar-refractivity contribution in [2.75, 3.05) is 6.54 Å². The smallest absolute Gasteiger partial charge is 0.220 e. The van der Waals surface area contributed by atoms with Crippen molar-refractivity contribution in [3.8, 4) is 0 Å². The molecule has 1 atom stereocenters. The fraction of sp³-hybridized carbons (Fsp3) is 0.500. The van der Waals surface area contributed by atoms with Gasteiger partial charge in [-0.2, -0.15) is 0 Å². The van der Waals surface area contributed by atoms with E-state index < -0.39 is 0 Å². The van der Waals surface area contributed by atoms with E-state index in [1.807, 2.05) is 0 Å². The highest BCUT2D eigenvalue weighted by Gasteiger charge is 2.34. The average molecular weight is 282 g/mol. The monoisotopic (exact) mass is 282 g/mol. The number of carbonyl (C=O) groups is 1. The maximum atomic E-state index is 12.1.